The topological polar surface area (TPSA) is 102 Å². The van der Waals surface area contributed by atoms with Gasteiger partial charge in [-0.3, -0.25) is 9.32 Å². The Bertz CT molecular complexity index is 596. The van der Waals surface area contributed by atoms with Gasteiger partial charge < -0.3 is 19.3 Å². The lowest BCUT2D eigenvalue weighted by Gasteiger charge is -2.18. The summed E-state index contributed by atoms with van der Waals surface area (Å²) in [6, 6.07) is 0. The molecule has 0 saturated heterocycles. The first kappa shape index (κ1) is 40.5. The summed E-state index contributed by atoms with van der Waals surface area (Å²) in [6.45, 7) is 4.76. The van der Waals surface area contributed by atoms with Crippen LogP contribution in [0.15, 0.2) is 0 Å². The van der Waals surface area contributed by atoms with Gasteiger partial charge in [0.1, 0.15) is 6.10 Å². The average molecular weight is 607 g/mol. The Morgan fingerprint density at radius 2 is 0.927 bits per heavy atom. The van der Waals surface area contributed by atoms with Gasteiger partial charge >= 0.3 is 13.8 Å². The molecule has 0 amide bonds. The number of esters is 1. The number of ether oxygens (including phenoxy) is 2. The Morgan fingerprint density at radius 1 is 0.561 bits per heavy atom. The van der Waals surface area contributed by atoms with Crippen LogP contribution >= 0.6 is 7.82 Å². The van der Waals surface area contributed by atoms with E-state index in [2.05, 4.69) is 18.4 Å². The van der Waals surface area contributed by atoms with Crippen LogP contribution in [-0.4, -0.2) is 41.7 Å². The zero-order chi connectivity index (χ0) is 30.3. The van der Waals surface area contributed by atoms with Crippen molar-refractivity contribution in [1.82, 2.24) is 0 Å². The van der Waals surface area contributed by atoms with Crippen LogP contribution in [0.5, 0.6) is 0 Å². The Morgan fingerprint density at radius 3 is 1.32 bits per heavy atom. The molecule has 1 atom stereocenters. The number of phosphoric acid groups is 1. The fourth-order valence-electron chi connectivity index (χ4n) is 5.09. The maximum absolute atomic E-state index is 12.3. The lowest BCUT2D eigenvalue weighted by atomic mass is 10.0. The van der Waals surface area contributed by atoms with Gasteiger partial charge in [-0.05, 0) is 12.8 Å². The van der Waals surface area contributed by atoms with E-state index in [1.807, 2.05) is 0 Å². The van der Waals surface area contributed by atoms with Crippen molar-refractivity contribution in [3.63, 3.8) is 0 Å². The average Bonchev–Trinajstić information content (AvgIpc) is 2.93. The van der Waals surface area contributed by atoms with Gasteiger partial charge in [-0.2, -0.15) is 0 Å². The normalized spacial score (nSPS) is 12.6. The van der Waals surface area contributed by atoms with Crippen LogP contribution in [0.4, 0.5) is 0 Å². The molecule has 0 aliphatic rings. The van der Waals surface area contributed by atoms with E-state index < -0.39 is 13.9 Å². The number of rotatable bonds is 33. The summed E-state index contributed by atoms with van der Waals surface area (Å²) in [6.07, 6.45) is 30.9. The van der Waals surface area contributed by atoms with Gasteiger partial charge in [0.15, 0.2) is 0 Å². The molecular formula is C33H67O7P. The van der Waals surface area contributed by atoms with E-state index in [1.54, 1.807) is 0 Å². The summed E-state index contributed by atoms with van der Waals surface area (Å²) in [4.78, 5) is 30.4. The number of hydrogen-bond donors (Lipinski definition) is 2. The fourth-order valence-corrected chi connectivity index (χ4v) is 5.45. The molecule has 0 aliphatic heterocycles. The predicted octanol–water partition coefficient (Wildman–Crippen LogP) is 10.2. The summed E-state index contributed by atoms with van der Waals surface area (Å²) in [5.74, 6) is -0.361. The first-order valence-corrected chi connectivity index (χ1v) is 18.9. The summed E-state index contributed by atoms with van der Waals surface area (Å²) < 4.78 is 26.8. The highest BCUT2D eigenvalue weighted by molar-refractivity contribution is 7.46. The monoisotopic (exact) mass is 606 g/mol. The Balaban J connectivity index is 3.81. The molecule has 246 valence electrons. The van der Waals surface area contributed by atoms with Crippen molar-refractivity contribution in [2.24, 2.45) is 0 Å². The number of carbonyl (C=O) groups excluding carboxylic acids is 1. The van der Waals surface area contributed by atoms with Crippen LogP contribution in [0.25, 0.3) is 0 Å². The van der Waals surface area contributed by atoms with E-state index in [4.69, 9.17) is 19.3 Å². The minimum atomic E-state index is -4.63. The first-order chi connectivity index (χ1) is 19.9. The van der Waals surface area contributed by atoms with Crippen molar-refractivity contribution < 1.29 is 33.1 Å². The molecule has 0 bridgehead atoms. The van der Waals surface area contributed by atoms with Crippen LogP contribution in [0.3, 0.4) is 0 Å². The van der Waals surface area contributed by atoms with Crippen molar-refractivity contribution in [1.29, 1.82) is 0 Å². The van der Waals surface area contributed by atoms with Gasteiger partial charge in [-0.25, -0.2) is 4.57 Å². The van der Waals surface area contributed by atoms with E-state index in [9.17, 15) is 9.36 Å². The molecule has 0 saturated carbocycles. The lowest BCUT2D eigenvalue weighted by Crippen LogP contribution is -2.28. The van der Waals surface area contributed by atoms with Crippen LogP contribution in [0.2, 0.25) is 0 Å². The Labute approximate surface area is 253 Å². The molecule has 0 aromatic carbocycles. The highest BCUT2D eigenvalue weighted by atomic mass is 31.2. The summed E-state index contributed by atoms with van der Waals surface area (Å²) in [5, 5.41) is 0. The fraction of sp³-hybridized carbons (Fsp3) is 0.970. The largest absolute Gasteiger partial charge is 0.469 e. The third-order valence-corrected chi connectivity index (χ3v) is 8.14. The van der Waals surface area contributed by atoms with Gasteiger partial charge in [0, 0.05) is 13.0 Å². The van der Waals surface area contributed by atoms with Crippen molar-refractivity contribution >= 4 is 13.8 Å². The number of carbonyl (C=O) groups is 1. The quantitative estimate of drug-likeness (QED) is 0.0435. The first-order valence-electron chi connectivity index (χ1n) is 17.4. The van der Waals surface area contributed by atoms with Gasteiger partial charge in [-0.15, -0.1) is 0 Å². The molecule has 41 heavy (non-hydrogen) atoms. The third-order valence-electron chi connectivity index (χ3n) is 7.66. The van der Waals surface area contributed by atoms with Gasteiger partial charge in [0.2, 0.25) is 0 Å². The van der Waals surface area contributed by atoms with Gasteiger partial charge in [-0.1, -0.05) is 162 Å². The van der Waals surface area contributed by atoms with Crippen LogP contribution in [0.1, 0.15) is 181 Å². The molecule has 0 spiro atoms. The second-order valence-electron chi connectivity index (χ2n) is 11.9. The van der Waals surface area contributed by atoms with E-state index in [-0.39, 0.29) is 19.2 Å². The molecule has 0 fully saturated rings. The van der Waals surface area contributed by atoms with Gasteiger partial charge in [0.25, 0.3) is 0 Å². The molecule has 0 heterocycles. The SMILES string of the molecule is CCCCCCCCCCCCCCCCOC[C@H](COP(=O)(O)O)OC(=O)CCCCCCCCCCCCC. The molecule has 0 aromatic rings. The smallest absolute Gasteiger partial charge is 0.457 e. The highest BCUT2D eigenvalue weighted by Crippen LogP contribution is 2.35. The van der Waals surface area contributed by atoms with Crippen LogP contribution in [-0.2, 0) is 23.4 Å². The molecular weight excluding hydrogens is 539 g/mol. The zero-order valence-corrected chi connectivity index (χ0v) is 27.9. The summed E-state index contributed by atoms with van der Waals surface area (Å²) in [7, 11) is -4.63. The molecule has 0 rings (SSSR count). The summed E-state index contributed by atoms with van der Waals surface area (Å²) >= 11 is 0. The number of phosphoric ester groups is 1. The minimum Gasteiger partial charge on any atom is -0.457 e. The highest BCUT2D eigenvalue weighted by Gasteiger charge is 2.21. The standard InChI is InChI=1S/C33H67O7P/c1-3-5-7-9-11-13-15-16-17-19-21-23-25-27-29-38-30-32(31-39-41(35,36)37)40-33(34)28-26-24-22-20-18-14-12-10-8-6-4-2/h32H,3-31H2,1-2H3,(H2,35,36,37)/t32-/m1/s1. The number of unbranched alkanes of at least 4 members (excludes halogenated alkanes) is 23. The number of hydrogen-bond acceptors (Lipinski definition) is 5. The van der Waals surface area contributed by atoms with Crippen molar-refractivity contribution in [2.45, 2.75) is 187 Å². The summed E-state index contributed by atoms with van der Waals surface area (Å²) in [5.41, 5.74) is 0. The van der Waals surface area contributed by atoms with E-state index in [0.29, 0.717) is 13.0 Å². The van der Waals surface area contributed by atoms with E-state index in [0.717, 1.165) is 32.1 Å². The van der Waals surface area contributed by atoms with Crippen molar-refractivity contribution in [3.05, 3.63) is 0 Å². The molecule has 0 unspecified atom stereocenters. The second kappa shape index (κ2) is 31.0. The maximum atomic E-state index is 12.3. The van der Waals surface area contributed by atoms with E-state index in [1.165, 1.54) is 128 Å². The molecule has 2 N–H and O–H groups in total. The second-order valence-corrected chi connectivity index (χ2v) is 13.1. The van der Waals surface area contributed by atoms with Gasteiger partial charge in [0.05, 0.1) is 13.2 Å². The molecule has 0 aromatic heterocycles. The van der Waals surface area contributed by atoms with Crippen molar-refractivity contribution in [3.8, 4) is 0 Å². The van der Waals surface area contributed by atoms with E-state index >= 15 is 0 Å². The molecule has 8 heteroatoms. The maximum Gasteiger partial charge on any atom is 0.469 e. The van der Waals surface area contributed by atoms with Crippen LogP contribution in [0, 0.1) is 0 Å². The molecule has 7 nitrogen and oxygen atoms in total. The molecule has 0 radical (unpaired) electrons. The van der Waals surface area contributed by atoms with Crippen LogP contribution < -0.4 is 0 Å². The molecule has 0 aliphatic carbocycles. The predicted molar refractivity (Wildman–Crippen MR) is 170 cm³/mol. The lowest BCUT2D eigenvalue weighted by molar-refractivity contribution is -0.154. The van der Waals surface area contributed by atoms with Crippen molar-refractivity contribution in [2.75, 3.05) is 19.8 Å². The third kappa shape index (κ3) is 33.9. The zero-order valence-electron chi connectivity index (χ0n) is 27.0. The minimum absolute atomic E-state index is 0.0858. The Hall–Kier alpha value is -0.460. The Kier molecular flexibility index (Phi) is 30.6.